The highest BCUT2D eigenvalue weighted by atomic mass is 32.2. The van der Waals surface area contributed by atoms with Crippen LogP contribution in [0.4, 0.5) is 4.79 Å². The van der Waals surface area contributed by atoms with Gasteiger partial charge in [0, 0.05) is 12.0 Å². The van der Waals surface area contributed by atoms with Crippen molar-refractivity contribution in [2.75, 3.05) is 6.61 Å². The van der Waals surface area contributed by atoms with E-state index < -0.39 is 0 Å². The average molecular weight is 406 g/mol. The van der Waals surface area contributed by atoms with E-state index in [1.54, 1.807) is 6.08 Å². The summed E-state index contributed by atoms with van der Waals surface area (Å²) in [6, 6.07) is 17.1. The molecular weight excluding hydrogens is 388 g/mol. The summed E-state index contributed by atoms with van der Waals surface area (Å²) in [5.41, 5.74) is 2.65. The highest BCUT2D eigenvalue weighted by Crippen LogP contribution is 2.26. The summed E-state index contributed by atoms with van der Waals surface area (Å²) in [6.07, 6.45) is 2.31. The standard InChI is InChI=1S/C22H18N2O4S/c1-14-18(23-21(28-14)16-5-3-2-4-6-16)11-12-27-17-9-7-15(8-10-17)13-19-20(25)24-22(26)29-19/h2-10,13H,11-12H2,1H3,(H,24,25,26)/b19-13-. The lowest BCUT2D eigenvalue weighted by Gasteiger charge is -2.05. The lowest BCUT2D eigenvalue weighted by Crippen LogP contribution is -2.17. The zero-order chi connectivity index (χ0) is 20.2. The summed E-state index contributed by atoms with van der Waals surface area (Å²) >= 11 is 0.900. The van der Waals surface area contributed by atoms with Gasteiger partial charge in [0.2, 0.25) is 5.89 Å². The Labute approximate surface area is 172 Å². The molecule has 1 aliphatic heterocycles. The summed E-state index contributed by atoms with van der Waals surface area (Å²) in [4.78, 5) is 27.8. The molecule has 29 heavy (non-hydrogen) atoms. The van der Waals surface area contributed by atoms with Crippen LogP contribution in [0.1, 0.15) is 17.0 Å². The van der Waals surface area contributed by atoms with Crippen molar-refractivity contribution in [3.8, 4) is 17.2 Å². The van der Waals surface area contributed by atoms with Crippen molar-refractivity contribution in [1.29, 1.82) is 0 Å². The zero-order valence-corrected chi connectivity index (χ0v) is 16.5. The second kappa shape index (κ2) is 8.36. The normalized spacial score (nSPS) is 15.0. The molecule has 0 spiro atoms. The van der Waals surface area contributed by atoms with Crippen LogP contribution in [0, 0.1) is 6.92 Å². The van der Waals surface area contributed by atoms with Crippen LogP contribution in [-0.4, -0.2) is 22.7 Å². The molecule has 146 valence electrons. The Kier molecular flexibility index (Phi) is 5.48. The van der Waals surface area contributed by atoms with Gasteiger partial charge in [-0.3, -0.25) is 14.9 Å². The van der Waals surface area contributed by atoms with Crippen molar-refractivity contribution in [2.24, 2.45) is 0 Å². The first-order valence-electron chi connectivity index (χ1n) is 9.08. The number of hydrogen-bond acceptors (Lipinski definition) is 6. The second-order valence-corrected chi connectivity index (χ2v) is 7.42. The number of hydrogen-bond donors (Lipinski definition) is 1. The van der Waals surface area contributed by atoms with E-state index in [1.165, 1.54) is 0 Å². The fourth-order valence-electron chi connectivity index (χ4n) is 2.86. The van der Waals surface area contributed by atoms with Crippen molar-refractivity contribution in [3.05, 3.63) is 76.5 Å². The van der Waals surface area contributed by atoms with Crippen LogP contribution < -0.4 is 10.1 Å². The molecule has 0 saturated carbocycles. The number of nitrogens with one attached hydrogen (secondary N) is 1. The maximum absolute atomic E-state index is 11.6. The van der Waals surface area contributed by atoms with Crippen molar-refractivity contribution in [3.63, 3.8) is 0 Å². The topological polar surface area (TPSA) is 81.4 Å². The van der Waals surface area contributed by atoms with Gasteiger partial charge in [0.15, 0.2) is 0 Å². The van der Waals surface area contributed by atoms with Gasteiger partial charge in [0.05, 0.1) is 17.2 Å². The number of nitrogens with zero attached hydrogens (tertiary/aromatic N) is 1. The summed E-state index contributed by atoms with van der Waals surface area (Å²) < 4.78 is 11.6. The largest absolute Gasteiger partial charge is 0.493 e. The summed E-state index contributed by atoms with van der Waals surface area (Å²) in [5.74, 6) is 1.76. The van der Waals surface area contributed by atoms with Crippen LogP contribution in [-0.2, 0) is 11.2 Å². The first-order valence-corrected chi connectivity index (χ1v) is 9.89. The average Bonchev–Trinajstić information content (AvgIpc) is 3.25. The first-order chi connectivity index (χ1) is 14.1. The predicted octanol–water partition coefficient (Wildman–Crippen LogP) is 4.60. The first kappa shape index (κ1) is 19.0. The van der Waals surface area contributed by atoms with Crippen molar-refractivity contribution in [2.45, 2.75) is 13.3 Å². The number of rotatable bonds is 6. The summed E-state index contributed by atoms with van der Waals surface area (Å²) in [6.45, 7) is 2.37. The van der Waals surface area contributed by atoms with E-state index in [0.29, 0.717) is 23.8 Å². The zero-order valence-electron chi connectivity index (χ0n) is 15.7. The highest BCUT2D eigenvalue weighted by molar-refractivity contribution is 8.18. The van der Waals surface area contributed by atoms with Crippen molar-refractivity contribution < 1.29 is 18.7 Å². The Morgan fingerprint density at radius 2 is 1.86 bits per heavy atom. The Hall–Kier alpha value is -3.32. The number of ether oxygens (including phenoxy) is 1. The summed E-state index contributed by atoms with van der Waals surface area (Å²) in [7, 11) is 0. The smallest absolute Gasteiger partial charge is 0.290 e. The van der Waals surface area contributed by atoms with E-state index in [2.05, 4.69) is 10.3 Å². The number of oxazole rings is 1. The molecular formula is C22H18N2O4S. The van der Waals surface area contributed by atoms with E-state index >= 15 is 0 Å². The second-order valence-electron chi connectivity index (χ2n) is 6.41. The molecule has 1 aliphatic rings. The number of carbonyl (C=O) groups is 2. The van der Waals surface area contributed by atoms with Crippen molar-refractivity contribution in [1.82, 2.24) is 10.3 Å². The molecule has 1 aromatic heterocycles. The van der Waals surface area contributed by atoms with Crippen LogP contribution in [0.15, 0.2) is 63.9 Å². The number of imide groups is 1. The molecule has 1 saturated heterocycles. The molecule has 2 heterocycles. The van der Waals surface area contributed by atoms with E-state index in [0.717, 1.165) is 40.1 Å². The Bertz CT molecular complexity index is 1070. The molecule has 0 aliphatic carbocycles. The van der Waals surface area contributed by atoms with Crippen LogP contribution in [0.3, 0.4) is 0 Å². The Morgan fingerprint density at radius 1 is 1.10 bits per heavy atom. The van der Waals surface area contributed by atoms with Gasteiger partial charge in [-0.2, -0.15) is 0 Å². The maximum atomic E-state index is 11.6. The minimum absolute atomic E-state index is 0.347. The van der Waals surface area contributed by atoms with Gasteiger partial charge in [0.25, 0.3) is 11.1 Å². The van der Waals surface area contributed by atoms with Crippen LogP contribution in [0.25, 0.3) is 17.5 Å². The molecule has 0 radical (unpaired) electrons. The van der Waals surface area contributed by atoms with Crippen LogP contribution >= 0.6 is 11.8 Å². The highest BCUT2D eigenvalue weighted by Gasteiger charge is 2.24. The number of aryl methyl sites for hydroxylation is 1. The maximum Gasteiger partial charge on any atom is 0.290 e. The molecule has 4 rings (SSSR count). The number of aromatic nitrogens is 1. The molecule has 2 aromatic carbocycles. The van der Waals surface area contributed by atoms with Gasteiger partial charge in [-0.15, -0.1) is 0 Å². The van der Waals surface area contributed by atoms with Crippen LogP contribution in [0.2, 0.25) is 0 Å². The lowest BCUT2D eigenvalue weighted by molar-refractivity contribution is -0.115. The molecule has 0 atom stereocenters. The minimum Gasteiger partial charge on any atom is -0.493 e. The minimum atomic E-state index is -0.363. The van der Waals surface area contributed by atoms with E-state index in [4.69, 9.17) is 9.15 Å². The van der Waals surface area contributed by atoms with Gasteiger partial charge in [-0.05, 0) is 54.6 Å². The predicted molar refractivity (Wildman–Crippen MR) is 111 cm³/mol. The number of amides is 2. The van der Waals surface area contributed by atoms with Gasteiger partial charge in [-0.1, -0.05) is 30.3 Å². The van der Waals surface area contributed by atoms with Gasteiger partial charge < -0.3 is 9.15 Å². The third-order valence-corrected chi connectivity index (χ3v) is 5.15. The third kappa shape index (κ3) is 4.57. The molecule has 3 aromatic rings. The number of benzene rings is 2. The molecule has 6 nitrogen and oxygen atoms in total. The Morgan fingerprint density at radius 3 is 2.55 bits per heavy atom. The van der Waals surface area contributed by atoms with E-state index in [9.17, 15) is 9.59 Å². The van der Waals surface area contributed by atoms with Crippen LogP contribution in [0.5, 0.6) is 5.75 Å². The number of thioether (sulfide) groups is 1. The monoisotopic (exact) mass is 406 g/mol. The molecule has 0 unspecified atom stereocenters. The molecule has 2 amide bonds. The number of carbonyl (C=O) groups excluding carboxylic acids is 2. The molecule has 7 heteroatoms. The van der Waals surface area contributed by atoms with E-state index in [-0.39, 0.29) is 11.1 Å². The van der Waals surface area contributed by atoms with Gasteiger partial charge >= 0.3 is 0 Å². The van der Waals surface area contributed by atoms with Gasteiger partial charge in [-0.25, -0.2) is 4.98 Å². The fourth-order valence-corrected chi connectivity index (χ4v) is 3.54. The van der Waals surface area contributed by atoms with Gasteiger partial charge in [0.1, 0.15) is 11.5 Å². The lowest BCUT2D eigenvalue weighted by atomic mass is 10.2. The molecule has 1 N–H and O–H groups in total. The van der Waals surface area contributed by atoms with E-state index in [1.807, 2.05) is 61.5 Å². The fraction of sp³-hybridized carbons (Fsp3) is 0.136. The third-order valence-electron chi connectivity index (χ3n) is 4.34. The Balaban J connectivity index is 1.34. The quantitative estimate of drug-likeness (QED) is 0.603. The van der Waals surface area contributed by atoms with Crippen molar-refractivity contribution >= 4 is 29.0 Å². The molecule has 1 fully saturated rings. The SMILES string of the molecule is Cc1oc(-c2ccccc2)nc1CCOc1ccc(/C=C2\SC(=O)NC2=O)cc1. The molecule has 0 bridgehead atoms. The summed E-state index contributed by atoms with van der Waals surface area (Å²) in [5, 5.41) is 1.89.